The lowest BCUT2D eigenvalue weighted by Gasteiger charge is -2.31. The van der Waals surface area contributed by atoms with Crippen LogP contribution in [0, 0.1) is 5.92 Å². The van der Waals surface area contributed by atoms with Crippen molar-refractivity contribution in [3.8, 4) is 0 Å². The third-order valence-electron chi connectivity index (χ3n) is 5.43. The van der Waals surface area contributed by atoms with Gasteiger partial charge in [0.25, 0.3) is 0 Å². The van der Waals surface area contributed by atoms with Gasteiger partial charge in [0.2, 0.25) is 17.7 Å². The summed E-state index contributed by atoms with van der Waals surface area (Å²) < 4.78 is 0. The second-order valence-corrected chi connectivity index (χ2v) is 7.98. The van der Waals surface area contributed by atoms with Crippen molar-refractivity contribution in [2.45, 2.75) is 32.2 Å². The Morgan fingerprint density at radius 1 is 0.968 bits per heavy atom. The van der Waals surface area contributed by atoms with Crippen LogP contribution >= 0.6 is 0 Å². The summed E-state index contributed by atoms with van der Waals surface area (Å²) >= 11 is 0. The Labute approximate surface area is 183 Å². The molecule has 0 saturated carbocycles. The van der Waals surface area contributed by atoms with Crippen LogP contribution in [-0.4, -0.2) is 42.3 Å². The van der Waals surface area contributed by atoms with E-state index in [1.54, 1.807) is 0 Å². The Hall–Kier alpha value is -3.19. The molecule has 0 aliphatic carbocycles. The molecular formula is C24H30N4O3. The average Bonchev–Trinajstić information content (AvgIpc) is 2.76. The van der Waals surface area contributed by atoms with Crippen molar-refractivity contribution in [1.82, 2.24) is 10.2 Å². The highest BCUT2D eigenvalue weighted by atomic mass is 16.2. The fourth-order valence-corrected chi connectivity index (χ4v) is 3.77. The van der Waals surface area contributed by atoms with E-state index in [1.807, 2.05) is 54.6 Å². The minimum absolute atomic E-state index is 0.0690. The van der Waals surface area contributed by atoms with Crippen LogP contribution in [0.25, 0.3) is 0 Å². The molecule has 0 spiro atoms. The Kier molecular flexibility index (Phi) is 8.18. The summed E-state index contributed by atoms with van der Waals surface area (Å²) in [5.74, 6) is -0.535. The first-order valence-corrected chi connectivity index (χ1v) is 10.7. The number of rotatable bonds is 9. The van der Waals surface area contributed by atoms with Crippen LogP contribution < -0.4 is 16.4 Å². The highest BCUT2D eigenvalue weighted by molar-refractivity contribution is 5.91. The monoisotopic (exact) mass is 422 g/mol. The predicted octanol–water partition coefficient (Wildman–Crippen LogP) is 2.07. The van der Waals surface area contributed by atoms with Gasteiger partial charge in [-0.2, -0.15) is 0 Å². The predicted molar refractivity (Wildman–Crippen MR) is 120 cm³/mol. The summed E-state index contributed by atoms with van der Waals surface area (Å²) in [4.78, 5) is 37.7. The Balaban J connectivity index is 1.37. The molecule has 2 aromatic carbocycles. The van der Waals surface area contributed by atoms with Crippen LogP contribution in [0.5, 0.6) is 0 Å². The number of likely N-dealkylation sites (tertiary alicyclic amines) is 1. The van der Waals surface area contributed by atoms with Crippen LogP contribution in [0.3, 0.4) is 0 Å². The zero-order valence-electron chi connectivity index (χ0n) is 17.7. The summed E-state index contributed by atoms with van der Waals surface area (Å²) in [5.41, 5.74) is 8.23. The molecule has 2 aromatic rings. The zero-order chi connectivity index (χ0) is 22.1. The number of hydrogen-bond acceptors (Lipinski definition) is 4. The van der Waals surface area contributed by atoms with Crippen LogP contribution in [0.4, 0.5) is 5.69 Å². The van der Waals surface area contributed by atoms with Crippen LogP contribution in [-0.2, 0) is 27.3 Å². The van der Waals surface area contributed by atoms with Crippen molar-refractivity contribution in [1.29, 1.82) is 0 Å². The van der Waals surface area contributed by atoms with Crippen molar-refractivity contribution in [3.63, 3.8) is 0 Å². The highest BCUT2D eigenvalue weighted by Gasteiger charge is 2.23. The fourth-order valence-electron chi connectivity index (χ4n) is 3.77. The second-order valence-electron chi connectivity index (χ2n) is 7.98. The van der Waals surface area contributed by atoms with E-state index in [0.717, 1.165) is 42.7 Å². The van der Waals surface area contributed by atoms with Gasteiger partial charge in [0.05, 0.1) is 12.3 Å². The molecule has 1 aliphatic rings. The maximum absolute atomic E-state index is 12.1. The lowest BCUT2D eigenvalue weighted by Crippen LogP contribution is -2.40. The first kappa shape index (κ1) is 22.5. The second kappa shape index (κ2) is 11.3. The molecular weight excluding hydrogens is 392 g/mol. The highest BCUT2D eigenvalue weighted by Crippen LogP contribution is 2.19. The largest absolute Gasteiger partial charge is 0.369 e. The lowest BCUT2D eigenvalue weighted by molar-refractivity contribution is -0.123. The molecule has 1 saturated heterocycles. The number of nitrogens with one attached hydrogen (secondary N) is 2. The van der Waals surface area contributed by atoms with Gasteiger partial charge in [-0.25, -0.2) is 0 Å². The van der Waals surface area contributed by atoms with Crippen molar-refractivity contribution < 1.29 is 14.4 Å². The minimum atomic E-state index is -0.223. The molecule has 0 aromatic heterocycles. The molecule has 1 fully saturated rings. The average molecular weight is 423 g/mol. The molecule has 1 atom stereocenters. The van der Waals surface area contributed by atoms with Crippen LogP contribution in [0.15, 0.2) is 54.6 Å². The lowest BCUT2D eigenvalue weighted by atomic mass is 9.97. The molecule has 3 rings (SSSR count). The summed E-state index contributed by atoms with van der Waals surface area (Å²) in [6.07, 6.45) is 2.36. The fraction of sp³-hybridized carbons (Fsp3) is 0.375. The van der Waals surface area contributed by atoms with Gasteiger partial charge in [0.15, 0.2) is 0 Å². The number of carbonyl (C=O) groups excluding carboxylic acids is 3. The number of carbonyl (C=O) groups is 3. The van der Waals surface area contributed by atoms with E-state index in [-0.39, 0.29) is 30.1 Å². The number of hydrogen-bond donors (Lipinski definition) is 3. The van der Waals surface area contributed by atoms with Gasteiger partial charge < -0.3 is 16.4 Å². The summed E-state index contributed by atoms with van der Waals surface area (Å²) in [6.45, 7) is 2.71. The molecule has 4 N–H and O–H groups in total. The zero-order valence-corrected chi connectivity index (χ0v) is 17.7. The minimum Gasteiger partial charge on any atom is -0.369 e. The molecule has 3 amide bonds. The first-order valence-electron chi connectivity index (χ1n) is 10.7. The van der Waals surface area contributed by atoms with Gasteiger partial charge in [-0.05, 0) is 42.6 Å². The Morgan fingerprint density at radius 3 is 2.42 bits per heavy atom. The number of piperidine rings is 1. The van der Waals surface area contributed by atoms with Crippen molar-refractivity contribution in [2.24, 2.45) is 11.7 Å². The number of nitrogens with zero attached hydrogens (tertiary/aromatic N) is 1. The Bertz CT molecular complexity index is 883. The molecule has 31 heavy (non-hydrogen) atoms. The number of primary amides is 1. The number of anilines is 1. The molecule has 7 nitrogen and oxygen atoms in total. The van der Waals surface area contributed by atoms with Gasteiger partial charge in [-0.15, -0.1) is 0 Å². The van der Waals surface area contributed by atoms with Crippen molar-refractivity contribution >= 4 is 23.4 Å². The molecule has 7 heteroatoms. The molecule has 1 aliphatic heterocycles. The Morgan fingerprint density at radius 2 is 1.71 bits per heavy atom. The molecule has 164 valence electrons. The van der Waals surface area contributed by atoms with Gasteiger partial charge in [-0.1, -0.05) is 42.5 Å². The summed E-state index contributed by atoms with van der Waals surface area (Å²) in [5, 5.41) is 5.63. The standard InChI is InChI=1S/C24H30N4O3/c25-24(31)20-7-4-14-28(17-20)16-19-8-10-21(11-9-19)27-22(29)12-13-26-23(30)15-18-5-2-1-3-6-18/h1-3,5-6,8-11,20H,4,7,12-17H2,(H2,25,31)(H,26,30)(H,27,29). The maximum Gasteiger partial charge on any atom is 0.226 e. The number of nitrogens with two attached hydrogens (primary N) is 1. The van der Waals surface area contributed by atoms with Gasteiger partial charge >= 0.3 is 0 Å². The third kappa shape index (κ3) is 7.53. The van der Waals surface area contributed by atoms with Gasteiger partial charge in [0.1, 0.15) is 0 Å². The van der Waals surface area contributed by atoms with E-state index in [9.17, 15) is 14.4 Å². The topological polar surface area (TPSA) is 105 Å². The van der Waals surface area contributed by atoms with Gasteiger partial charge in [0, 0.05) is 31.7 Å². The SMILES string of the molecule is NC(=O)C1CCCN(Cc2ccc(NC(=O)CCNC(=O)Cc3ccccc3)cc2)C1. The summed E-state index contributed by atoms with van der Waals surface area (Å²) in [7, 11) is 0. The van der Waals surface area contributed by atoms with Crippen molar-refractivity contribution in [3.05, 3.63) is 65.7 Å². The maximum atomic E-state index is 12.1. The normalized spacial score (nSPS) is 16.5. The quantitative estimate of drug-likeness (QED) is 0.575. The van der Waals surface area contributed by atoms with E-state index >= 15 is 0 Å². The van der Waals surface area contributed by atoms with E-state index < -0.39 is 0 Å². The van der Waals surface area contributed by atoms with Crippen LogP contribution in [0.1, 0.15) is 30.4 Å². The van der Waals surface area contributed by atoms with E-state index in [4.69, 9.17) is 5.73 Å². The third-order valence-corrected chi connectivity index (χ3v) is 5.43. The number of benzene rings is 2. The van der Waals surface area contributed by atoms with E-state index in [0.29, 0.717) is 19.5 Å². The van der Waals surface area contributed by atoms with E-state index in [1.165, 1.54) is 0 Å². The van der Waals surface area contributed by atoms with E-state index in [2.05, 4.69) is 15.5 Å². The molecule has 1 unspecified atom stereocenters. The van der Waals surface area contributed by atoms with Crippen molar-refractivity contribution in [2.75, 3.05) is 25.0 Å². The first-order chi connectivity index (χ1) is 15.0. The molecule has 0 bridgehead atoms. The molecule has 1 heterocycles. The smallest absolute Gasteiger partial charge is 0.226 e. The van der Waals surface area contributed by atoms with Gasteiger partial charge in [-0.3, -0.25) is 19.3 Å². The number of amides is 3. The van der Waals surface area contributed by atoms with Crippen LogP contribution in [0.2, 0.25) is 0 Å². The summed E-state index contributed by atoms with van der Waals surface area (Å²) in [6, 6.07) is 17.2. The molecule has 0 radical (unpaired) electrons.